The van der Waals surface area contributed by atoms with Crippen molar-refractivity contribution >= 4 is 17.5 Å². The molecular formula is C24H23ClFN3O3. The van der Waals surface area contributed by atoms with E-state index in [1.165, 1.54) is 30.3 Å². The van der Waals surface area contributed by atoms with Crippen LogP contribution < -0.4 is 10.9 Å². The van der Waals surface area contributed by atoms with Gasteiger partial charge in [0, 0.05) is 17.1 Å². The standard InChI is InChI=1S/C24H23ClFN3O3/c25-17-10-8-15(9-11-17)21-13-20(23(31)27-14-22(30)16-4-1-2-5-16)24(32)29(28-21)19-7-3-6-18(26)12-19/h3,6-13,16,22,30H,1-2,4-5,14H2,(H,27,31)/t22-/m0/s1. The summed E-state index contributed by atoms with van der Waals surface area (Å²) in [6.07, 6.45) is 3.34. The van der Waals surface area contributed by atoms with Crippen LogP contribution in [-0.2, 0) is 0 Å². The molecule has 3 aromatic rings. The van der Waals surface area contributed by atoms with Crippen molar-refractivity contribution in [3.63, 3.8) is 0 Å². The Morgan fingerprint density at radius 1 is 1.19 bits per heavy atom. The third-order valence-corrected chi connectivity index (χ3v) is 6.02. The van der Waals surface area contributed by atoms with E-state index in [0.29, 0.717) is 16.3 Å². The van der Waals surface area contributed by atoms with Gasteiger partial charge < -0.3 is 10.4 Å². The number of aliphatic hydroxyl groups excluding tert-OH is 1. The summed E-state index contributed by atoms with van der Waals surface area (Å²) >= 11 is 5.97. The van der Waals surface area contributed by atoms with Gasteiger partial charge in [-0.1, -0.05) is 42.6 Å². The molecule has 6 nitrogen and oxygen atoms in total. The predicted octanol–water partition coefficient (Wildman–Crippen LogP) is 3.97. The number of halogens is 2. The Bertz CT molecular complexity index is 1170. The van der Waals surface area contributed by atoms with Gasteiger partial charge in [-0.15, -0.1) is 0 Å². The minimum Gasteiger partial charge on any atom is -0.391 e. The molecule has 0 unspecified atom stereocenters. The number of aliphatic hydroxyl groups is 1. The number of rotatable bonds is 6. The summed E-state index contributed by atoms with van der Waals surface area (Å²) in [5, 5.41) is 17.9. The van der Waals surface area contributed by atoms with Gasteiger partial charge in [0.1, 0.15) is 11.4 Å². The van der Waals surface area contributed by atoms with Gasteiger partial charge in [0.15, 0.2) is 0 Å². The van der Waals surface area contributed by atoms with E-state index in [1.807, 2.05) is 0 Å². The summed E-state index contributed by atoms with van der Waals surface area (Å²) in [5.74, 6) is -0.991. The van der Waals surface area contributed by atoms with E-state index < -0.39 is 23.4 Å². The highest BCUT2D eigenvalue weighted by atomic mass is 35.5. The lowest BCUT2D eigenvalue weighted by molar-refractivity contribution is 0.0839. The van der Waals surface area contributed by atoms with E-state index in [4.69, 9.17) is 11.6 Å². The summed E-state index contributed by atoms with van der Waals surface area (Å²) in [5.41, 5.74) is 0.367. The number of nitrogens with one attached hydrogen (secondary N) is 1. The minimum absolute atomic E-state index is 0.0570. The van der Waals surface area contributed by atoms with Gasteiger partial charge in [0.25, 0.3) is 11.5 Å². The Labute approximate surface area is 189 Å². The lowest BCUT2D eigenvalue weighted by Gasteiger charge is -2.18. The molecule has 1 amide bonds. The number of carbonyl (C=O) groups is 1. The largest absolute Gasteiger partial charge is 0.391 e. The second-order valence-electron chi connectivity index (χ2n) is 7.97. The average Bonchev–Trinajstić information content (AvgIpc) is 3.33. The zero-order chi connectivity index (χ0) is 22.7. The monoisotopic (exact) mass is 455 g/mol. The minimum atomic E-state index is -0.679. The van der Waals surface area contributed by atoms with Crippen LogP contribution in [0.2, 0.25) is 5.02 Å². The summed E-state index contributed by atoms with van der Waals surface area (Å²) in [7, 11) is 0. The third kappa shape index (κ3) is 4.89. The fourth-order valence-electron chi connectivity index (χ4n) is 4.00. The average molecular weight is 456 g/mol. The van der Waals surface area contributed by atoms with Crippen LogP contribution in [0.3, 0.4) is 0 Å². The zero-order valence-corrected chi connectivity index (χ0v) is 18.1. The van der Waals surface area contributed by atoms with E-state index in [2.05, 4.69) is 10.4 Å². The van der Waals surface area contributed by atoms with Crippen LogP contribution in [0.25, 0.3) is 16.9 Å². The molecule has 1 saturated carbocycles. The van der Waals surface area contributed by atoms with Gasteiger partial charge in [-0.25, -0.2) is 4.39 Å². The molecule has 8 heteroatoms. The van der Waals surface area contributed by atoms with E-state index in [0.717, 1.165) is 30.4 Å². The van der Waals surface area contributed by atoms with Gasteiger partial charge in [0.2, 0.25) is 0 Å². The van der Waals surface area contributed by atoms with Crippen LogP contribution in [0.5, 0.6) is 0 Å². The summed E-state index contributed by atoms with van der Waals surface area (Å²) in [4.78, 5) is 26.0. The molecule has 1 aliphatic carbocycles. The first-order chi connectivity index (χ1) is 15.4. The van der Waals surface area contributed by atoms with Crippen molar-refractivity contribution in [1.82, 2.24) is 15.1 Å². The fourth-order valence-corrected chi connectivity index (χ4v) is 4.13. The number of benzene rings is 2. The Balaban J connectivity index is 1.70. The van der Waals surface area contributed by atoms with Crippen molar-refractivity contribution in [3.05, 3.63) is 81.4 Å². The molecule has 0 bridgehead atoms. The number of hydrogen-bond donors (Lipinski definition) is 2. The van der Waals surface area contributed by atoms with Crippen molar-refractivity contribution < 1.29 is 14.3 Å². The molecule has 0 spiro atoms. The number of nitrogens with zero attached hydrogens (tertiary/aromatic N) is 2. The smallest absolute Gasteiger partial charge is 0.284 e. The normalized spacial score (nSPS) is 15.0. The molecule has 1 fully saturated rings. The highest BCUT2D eigenvalue weighted by molar-refractivity contribution is 6.30. The van der Waals surface area contributed by atoms with Gasteiger partial charge in [-0.3, -0.25) is 9.59 Å². The second-order valence-corrected chi connectivity index (χ2v) is 8.41. The number of aromatic nitrogens is 2. The number of amides is 1. The predicted molar refractivity (Wildman–Crippen MR) is 121 cm³/mol. The Morgan fingerprint density at radius 3 is 2.59 bits per heavy atom. The van der Waals surface area contributed by atoms with E-state index in [-0.39, 0.29) is 23.7 Å². The topological polar surface area (TPSA) is 84.2 Å². The van der Waals surface area contributed by atoms with Crippen LogP contribution in [0.4, 0.5) is 4.39 Å². The van der Waals surface area contributed by atoms with Gasteiger partial charge in [0.05, 0.1) is 17.5 Å². The molecule has 0 saturated heterocycles. The maximum Gasteiger partial charge on any atom is 0.284 e. The number of hydrogen-bond acceptors (Lipinski definition) is 4. The van der Waals surface area contributed by atoms with Crippen LogP contribution in [-0.4, -0.2) is 33.4 Å². The first kappa shape index (κ1) is 22.2. The molecular weight excluding hydrogens is 433 g/mol. The van der Waals surface area contributed by atoms with Crippen LogP contribution >= 0.6 is 11.6 Å². The van der Waals surface area contributed by atoms with E-state index in [1.54, 1.807) is 24.3 Å². The lowest BCUT2D eigenvalue weighted by Crippen LogP contribution is -2.39. The molecule has 0 radical (unpaired) electrons. The Morgan fingerprint density at radius 2 is 1.91 bits per heavy atom. The molecule has 1 atom stereocenters. The Hall–Kier alpha value is -3.03. The number of carbonyl (C=O) groups excluding carboxylic acids is 1. The summed E-state index contributed by atoms with van der Waals surface area (Å²) in [6, 6.07) is 13.6. The van der Waals surface area contributed by atoms with Crippen molar-refractivity contribution in [1.29, 1.82) is 0 Å². The molecule has 1 aliphatic rings. The summed E-state index contributed by atoms with van der Waals surface area (Å²) < 4.78 is 14.8. The second kappa shape index (κ2) is 9.63. The zero-order valence-electron chi connectivity index (χ0n) is 17.3. The van der Waals surface area contributed by atoms with Crippen LogP contribution in [0.15, 0.2) is 59.4 Å². The highest BCUT2D eigenvalue weighted by Crippen LogP contribution is 2.27. The van der Waals surface area contributed by atoms with Gasteiger partial charge >= 0.3 is 0 Å². The first-order valence-corrected chi connectivity index (χ1v) is 10.9. The van der Waals surface area contributed by atoms with E-state index >= 15 is 0 Å². The molecule has 32 heavy (non-hydrogen) atoms. The lowest BCUT2D eigenvalue weighted by atomic mass is 10.0. The van der Waals surface area contributed by atoms with Crippen molar-refractivity contribution in [2.75, 3.05) is 6.54 Å². The fraction of sp³-hybridized carbons (Fsp3) is 0.292. The molecule has 2 N–H and O–H groups in total. The first-order valence-electron chi connectivity index (χ1n) is 10.5. The summed E-state index contributed by atoms with van der Waals surface area (Å²) in [6.45, 7) is 0.0570. The van der Waals surface area contributed by atoms with Crippen LogP contribution in [0.1, 0.15) is 36.0 Å². The molecule has 166 valence electrons. The van der Waals surface area contributed by atoms with Crippen molar-refractivity contribution in [2.24, 2.45) is 5.92 Å². The maximum absolute atomic E-state index is 13.8. The SMILES string of the molecule is O=C(NC[C@H](O)C1CCCC1)c1cc(-c2ccc(Cl)cc2)nn(-c2cccc(F)c2)c1=O. The molecule has 2 aromatic carbocycles. The third-order valence-electron chi connectivity index (χ3n) is 5.76. The molecule has 1 heterocycles. The molecule has 4 rings (SSSR count). The van der Waals surface area contributed by atoms with Gasteiger partial charge in [-0.2, -0.15) is 9.78 Å². The maximum atomic E-state index is 13.8. The molecule has 1 aromatic heterocycles. The Kier molecular flexibility index (Phi) is 6.67. The quantitative estimate of drug-likeness (QED) is 0.589. The van der Waals surface area contributed by atoms with Crippen LogP contribution in [0, 0.1) is 11.7 Å². The highest BCUT2D eigenvalue weighted by Gasteiger charge is 2.24. The van der Waals surface area contributed by atoms with Gasteiger partial charge in [-0.05, 0) is 55.2 Å². The van der Waals surface area contributed by atoms with E-state index in [9.17, 15) is 19.1 Å². The van der Waals surface area contributed by atoms with Crippen molar-refractivity contribution in [3.8, 4) is 16.9 Å². The molecule has 0 aliphatic heterocycles. The van der Waals surface area contributed by atoms with Crippen molar-refractivity contribution in [2.45, 2.75) is 31.8 Å².